The summed E-state index contributed by atoms with van der Waals surface area (Å²) in [5, 5.41) is 1.34. The van der Waals surface area contributed by atoms with E-state index in [0.717, 1.165) is 62.8 Å². The fourth-order valence-corrected chi connectivity index (χ4v) is 5.08. The van der Waals surface area contributed by atoms with Crippen molar-refractivity contribution in [2.45, 2.75) is 18.6 Å². The number of rotatable bonds is 6. The molecule has 0 saturated carbocycles. The van der Waals surface area contributed by atoms with E-state index >= 15 is 0 Å². The van der Waals surface area contributed by atoms with Gasteiger partial charge in [-0.2, -0.15) is 0 Å². The molecule has 1 N–H and O–H groups in total. The number of hydrogen-bond acceptors (Lipinski definition) is 5. The van der Waals surface area contributed by atoms with Crippen LogP contribution in [0.3, 0.4) is 0 Å². The largest absolute Gasteiger partial charge is 0.469 e. The molecule has 170 valence electrons. The Morgan fingerprint density at radius 1 is 0.970 bits per heavy atom. The molecule has 1 aliphatic carbocycles. The Bertz CT molecular complexity index is 1190. The van der Waals surface area contributed by atoms with E-state index in [1.807, 2.05) is 18.2 Å². The van der Waals surface area contributed by atoms with E-state index < -0.39 is 5.72 Å². The van der Waals surface area contributed by atoms with Crippen LogP contribution in [0.2, 0.25) is 0 Å². The summed E-state index contributed by atoms with van der Waals surface area (Å²) in [6, 6.07) is 14.4. The van der Waals surface area contributed by atoms with Crippen LogP contribution in [0.25, 0.3) is 10.9 Å². The van der Waals surface area contributed by atoms with Gasteiger partial charge in [0.25, 0.3) is 0 Å². The molecule has 6 rings (SSSR count). The van der Waals surface area contributed by atoms with Crippen molar-refractivity contribution in [3.05, 3.63) is 78.5 Å². The third-order valence-electron chi connectivity index (χ3n) is 6.93. The molecule has 1 saturated heterocycles. The predicted molar refractivity (Wildman–Crippen MR) is 129 cm³/mol. The number of fused-ring (bicyclic) bond motifs is 2. The van der Waals surface area contributed by atoms with E-state index in [-0.39, 0.29) is 6.79 Å². The summed E-state index contributed by atoms with van der Waals surface area (Å²) in [5.74, 6) is 2.33. The van der Waals surface area contributed by atoms with E-state index in [0.29, 0.717) is 0 Å². The molecule has 2 aromatic carbocycles. The number of ether oxygens (including phenoxy) is 3. The summed E-state index contributed by atoms with van der Waals surface area (Å²) in [6.07, 6.45) is 12.6. The highest BCUT2D eigenvalue weighted by Crippen LogP contribution is 2.38. The lowest BCUT2D eigenvalue weighted by Crippen LogP contribution is -2.59. The molecule has 1 unspecified atom stereocenters. The van der Waals surface area contributed by atoms with Gasteiger partial charge in [-0.25, -0.2) is 0 Å². The number of H-pyrrole nitrogens is 1. The summed E-state index contributed by atoms with van der Waals surface area (Å²) >= 11 is 0. The number of aromatic amines is 1. The number of nitrogens with one attached hydrogen (secondary N) is 1. The van der Waals surface area contributed by atoms with Crippen molar-refractivity contribution >= 4 is 10.9 Å². The number of benzene rings is 2. The lowest BCUT2D eigenvalue weighted by Gasteiger charge is -2.46. The number of hydrogen-bond donors (Lipinski definition) is 1. The Morgan fingerprint density at radius 3 is 2.73 bits per heavy atom. The molecule has 2 aliphatic heterocycles. The van der Waals surface area contributed by atoms with Crippen LogP contribution in [-0.2, 0) is 6.42 Å². The van der Waals surface area contributed by atoms with Crippen LogP contribution in [-0.4, -0.2) is 60.0 Å². The molecule has 1 atom stereocenters. The fraction of sp³-hybridized carbons (Fsp3) is 0.333. The SMILES string of the molecule is C1=CCC(Oc2ccc3c(c2)OCO3)(N2CCN(CCc3c[nH]c4ccccc34)CC2)C=C1. The minimum Gasteiger partial charge on any atom is -0.469 e. The van der Waals surface area contributed by atoms with Crippen LogP contribution >= 0.6 is 0 Å². The Labute approximate surface area is 194 Å². The monoisotopic (exact) mass is 443 g/mol. The lowest BCUT2D eigenvalue weighted by molar-refractivity contribution is -0.0663. The molecule has 0 bridgehead atoms. The van der Waals surface area contributed by atoms with Gasteiger partial charge in [-0.05, 0) is 36.3 Å². The van der Waals surface area contributed by atoms with Crippen LogP contribution < -0.4 is 14.2 Å². The second-order valence-electron chi connectivity index (χ2n) is 8.89. The Morgan fingerprint density at radius 2 is 1.85 bits per heavy atom. The minimum absolute atomic E-state index is 0.271. The first-order chi connectivity index (χ1) is 16.3. The maximum Gasteiger partial charge on any atom is 0.231 e. The molecule has 3 aromatic rings. The van der Waals surface area contributed by atoms with Crippen LogP contribution in [0, 0.1) is 0 Å². The first-order valence-electron chi connectivity index (χ1n) is 11.7. The molecular weight excluding hydrogens is 414 g/mol. The quantitative estimate of drug-likeness (QED) is 0.614. The minimum atomic E-state index is -0.467. The summed E-state index contributed by atoms with van der Waals surface area (Å²) in [7, 11) is 0. The predicted octanol–water partition coefficient (Wildman–Crippen LogP) is 4.35. The van der Waals surface area contributed by atoms with Gasteiger partial charge >= 0.3 is 0 Å². The number of allylic oxidation sites excluding steroid dienone is 2. The van der Waals surface area contributed by atoms with Gasteiger partial charge in [0.15, 0.2) is 17.2 Å². The highest BCUT2D eigenvalue weighted by Gasteiger charge is 2.38. The van der Waals surface area contributed by atoms with Crippen LogP contribution in [0.5, 0.6) is 17.2 Å². The average molecular weight is 444 g/mol. The molecule has 6 nitrogen and oxygen atoms in total. The van der Waals surface area contributed by atoms with Crippen molar-refractivity contribution in [3.8, 4) is 17.2 Å². The zero-order chi connectivity index (χ0) is 22.1. The maximum atomic E-state index is 6.64. The molecule has 0 radical (unpaired) electrons. The lowest BCUT2D eigenvalue weighted by atomic mass is 10.0. The summed E-state index contributed by atoms with van der Waals surface area (Å²) < 4.78 is 17.6. The van der Waals surface area contributed by atoms with Crippen LogP contribution in [0.4, 0.5) is 0 Å². The van der Waals surface area contributed by atoms with Crippen molar-refractivity contribution in [1.82, 2.24) is 14.8 Å². The van der Waals surface area contributed by atoms with Crippen LogP contribution in [0.15, 0.2) is 73.0 Å². The van der Waals surface area contributed by atoms with Gasteiger partial charge in [0, 0.05) is 62.3 Å². The van der Waals surface area contributed by atoms with Gasteiger partial charge in [-0.3, -0.25) is 4.90 Å². The van der Waals surface area contributed by atoms with Gasteiger partial charge in [-0.15, -0.1) is 0 Å². The topological polar surface area (TPSA) is 50.0 Å². The summed E-state index contributed by atoms with van der Waals surface area (Å²) in [4.78, 5) is 8.43. The third-order valence-corrected chi connectivity index (χ3v) is 6.93. The maximum absolute atomic E-state index is 6.64. The average Bonchev–Trinajstić information content (AvgIpc) is 3.50. The third kappa shape index (κ3) is 4.01. The molecule has 1 fully saturated rings. The Hall–Kier alpha value is -3.22. The number of nitrogens with zero attached hydrogens (tertiary/aromatic N) is 2. The Balaban J connectivity index is 1.11. The van der Waals surface area contributed by atoms with E-state index in [1.165, 1.54) is 16.5 Å². The molecular formula is C27H29N3O3. The standard InChI is InChI=1S/C27H29N3O3/c1-4-11-27(12-5-1,33-22-8-9-25-26(18-22)32-20-31-25)30-16-14-29(15-17-30)13-10-21-19-28-24-7-3-2-6-23(21)24/h1-9,11,18-19,28H,10,12-17,20H2. The van der Waals surface area contributed by atoms with Crippen molar-refractivity contribution in [1.29, 1.82) is 0 Å². The van der Waals surface area contributed by atoms with E-state index in [1.54, 1.807) is 0 Å². The van der Waals surface area contributed by atoms with Crippen LogP contribution in [0.1, 0.15) is 12.0 Å². The molecule has 1 aromatic heterocycles. The molecule has 3 aliphatic rings. The Kier molecular flexibility index (Phi) is 5.32. The number of aromatic nitrogens is 1. The van der Waals surface area contributed by atoms with Gasteiger partial charge < -0.3 is 24.1 Å². The first kappa shape index (κ1) is 20.4. The molecule has 6 heteroatoms. The van der Waals surface area contributed by atoms with Gasteiger partial charge in [0.2, 0.25) is 6.79 Å². The van der Waals surface area contributed by atoms with E-state index in [9.17, 15) is 0 Å². The highest BCUT2D eigenvalue weighted by atomic mass is 16.7. The van der Waals surface area contributed by atoms with Gasteiger partial charge in [-0.1, -0.05) is 36.4 Å². The van der Waals surface area contributed by atoms with Gasteiger partial charge in [0.1, 0.15) is 5.75 Å². The molecule has 0 amide bonds. The summed E-state index contributed by atoms with van der Waals surface area (Å²) in [5.41, 5.74) is 2.15. The first-order valence-corrected chi connectivity index (χ1v) is 11.7. The molecule has 3 heterocycles. The van der Waals surface area contributed by atoms with Gasteiger partial charge in [0.05, 0.1) is 0 Å². The zero-order valence-electron chi connectivity index (χ0n) is 18.7. The smallest absolute Gasteiger partial charge is 0.231 e. The van der Waals surface area contributed by atoms with Crippen molar-refractivity contribution in [3.63, 3.8) is 0 Å². The fourth-order valence-electron chi connectivity index (χ4n) is 5.08. The molecule has 33 heavy (non-hydrogen) atoms. The zero-order valence-corrected chi connectivity index (χ0v) is 18.7. The van der Waals surface area contributed by atoms with E-state index in [4.69, 9.17) is 14.2 Å². The van der Waals surface area contributed by atoms with Crippen molar-refractivity contribution < 1.29 is 14.2 Å². The molecule has 0 spiro atoms. The normalized spacial score (nSPS) is 22.8. The second kappa shape index (κ2) is 8.61. The van der Waals surface area contributed by atoms with Crippen molar-refractivity contribution in [2.75, 3.05) is 39.5 Å². The second-order valence-corrected chi connectivity index (χ2v) is 8.89. The van der Waals surface area contributed by atoms with E-state index in [2.05, 4.69) is 69.6 Å². The highest BCUT2D eigenvalue weighted by molar-refractivity contribution is 5.83. The number of piperazine rings is 1. The summed E-state index contributed by atoms with van der Waals surface area (Å²) in [6.45, 7) is 5.35. The number of para-hydroxylation sites is 1. The van der Waals surface area contributed by atoms with Crippen molar-refractivity contribution in [2.24, 2.45) is 0 Å².